The molecule has 0 saturated heterocycles. The molecular weight excluding hydrogens is 985 g/mol. The predicted molar refractivity (Wildman–Crippen MR) is 321 cm³/mol. The smallest absolute Gasteiger partial charge is 0 e. The normalized spacial score (nSPS) is 3.93. The third-order valence-corrected chi connectivity index (χ3v) is 4.96. The van der Waals surface area contributed by atoms with Crippen molar-refractivity contribution in [1.82, 2.24) is 0 Å². The van der Waals surface area contributed by atoms with E-state index in [9.17, 15) is 0 Å². The summed E-state index contributed by atoms with van der Waals surface area (Å²) in [6.07, 6.45) is 9.90. The molecule has 0 radical (unpaired) electrons. The molecule has 0 nitrogen and oxygen atoms in total. The standard InChI is InChI=1S/C82H2/c1-3-5-7-9-11-13-15-17-19-21-23-25-27-29-31-33-35-37-39-41-43-45-47-49-51-53-55-57-59-61-63-65-67-69-71-73-75-77-79-81-82-80-78-76-74-72-70-68-66-64-62-60-58-56-54-52-50-48-46-44-42-40-38-36-34-32-30-28-26-24-22-20-18-16-14-12-10-8-6-4-2/h1-2H. The summed E-state index contributed by atoms with van der Waals surface area (Å²) in [5, 5.41) is 0. The Hall–Kier alpha value is -18.0. The Labute approximate surface area is 483 Å². The highest BCUT2D eigenvalue weighted by Crippen LogP contribution is 1.65. The van der Waals surface area contributed by atoms with E-state index < -0.39 is 0 Å². The Balaban J connectivity index is 4.62. The van der Waals surface area contributed by atoms with E-state index in [0.29, 0.717) is 0 Å². The van der Waals surface area contributed by atoms with Crippen molar-refractivity contribution in [1.29, 1.82) is 0 Å². The summed E-state index contributed by atoms with van der Waals surface area (Å²) in [6.45, 7) is 0. The second-order valence-electron chi connectivity index (χ2n) is 10.0. The van der Waals surface area contributed by atoms with Gasteiger partial charge in [-0.1, -0.05) is 0 Å². The van der Waals surface area contributed by atoms with Gasteiger partial charge in [-0.25, -0.2) is 0 Å². The Kier molecular flexibility index (Phi) is 49.1. The average Bonchev–Trinajstić information content (AvgIpc) is 3.48. The van der Waals surface area contributed by atoms with Crippen LogP contribution < -0.4 is 0 Å². The second-order valence-corrected chi connectivity index (χ2v) is 10.0. The SMILES string of the molecule is C#CC#CC#CC#CC#CC#CC#CC#CC#CC#CC#CC#CC#CC#CC#CC#CC#CC#CC#CC#CC#CC#CC#CC#CC#CC#CC#CC#CC#CC#CC#CC#CC#CC#CC#CC#CC#CC#CC#CC#CC#C. The van der Waals surface area contributed by atoms with Gasteiger partial charge in [-0.3, -0.25) is 0 Å². The van der Waals surface area contributed by atoms with E-state index in [1.165, 1.54) is 0 Å². The van der Waals surface area contributed by atoms with Crippen LogP contribution >= 0.6 is 0 Å². The summed E-state index contributed by atoms with van der Waals surface area (Å²) in [4.78, 5) is 0. The van der Waals surface area contributed by atoms with Crippen LogP contribution in [0.2, 0.25) is 0 Å². The molecule has 0 aromatic heterocycles. The highest BCUT2D eigenvalue weighted by Gasteiger charge is 1.65. The fourth-order valence-corrected chi connectivity index (χ4v) is 2.45. The van der Waals surface area contributed by atoms with Crippen molar-refractivity contribution in [2.45, 2.75) is 0 Å². The van der Waals surface area contributed by atoms with Gasteiger partial charge in [0.1, 0.15) is 0 Å². The molecule has 0 spiro atoms. The summed E-state index contributed by atoms with van der Waals surface area (Å²) < 4.78 is 0. The lowest BCUT2D eigenvalue weighted by Crippen LogP contribution is -1.57. The average molecular weight is 987 g/mol. The molecule has 0 bridgehead atoms. The van der Waals surface area contributed by atoms with Gasteiger partial charge >= 0.3 is 0 Å². The lowest BCUT2D eigenvalue weighted by Gasteiger charge is -1.58. The summed E-state index contributed by atoms with van der Waals surface area (Å²) in [5.74, 6) is 198. The van der Waals surface area contributed by atoms with Crippen molar-refractivity contribution in [3.05, 3.63) is 0 Å². The highest BCUT2D eigenvalue weighted by molar-refractivity contribution is 5.54. The highest BCUT2D eigenvalue weighted by atomic mass is 13.7. The number of rotatable bonds is 0. The molecule has 0 aromatic rings. The zero-order valence-electron chi connectivity index (χ0n) is 41.2. The predicted octanol–water partition coefficient (Wildman–Crippen LogP) is 0.385. The first-order chi connectivity index (χ1) is 40.9. The van der Waals surface area contributed by atoms with E-state index in [0.717, 1.165) is 0 Å². The first-order valence-corrected chi connectivity index (χ1v) is 20.3. The molecule has 82 heavy (non-hydrogen) atoms. The van der Waals surface area contributed by atoms with E-state index >= 15 is 0 Å². The molecule has 0 saturated carbocycles. The van der Waals surface area contributed by atoms with Gasteiger partial charge in [0.25, 0.3) is 0 Å². The van der Waals surface area contributed by atoms with Crippen LogP contribution in [0, 0.1) is 486 Å². The quantitative estimate of drug-likeness (QED) is 0.309. The summed E-state index contributed by atoms with van der Waals surface area (Å²) >= 11 is 0. The number of hydrogen-bond acceptors (Lipinski definition) is 0. The minimum atomic E-state index is 2.12. The van der Waals surface area contributed by atoms with Gasteiger partial charge in [0.15, 0.2) is 0 Å². The molecule has 0 aliphatic carbocycles. The van der Waals surface area contributed by atoms with E-state index in [2.05, 4.69) is 474 Å². The van der Waals surface area contributed by atoms with Gasteiger partial charge in [0.2, 0.25) is 0 Å². The van der Waals surface area contributed by atoms with E-state index in [1.807, 2.05) is 0 Å². The molecule has 0 unspecified atom stereocenters. The molecule has 0 aliphatic heterocycles. The molecule has 0 aromatic carbocycles. The molecular formula is C82H2. The van der Waals surface area contributed by atoms with Gasteiger partial charge in [-0.2, -0.15) is 0 Å². The minimum absolute atomic E-state index is 2.12. The van der Waals surface area contributed by atoms with Gasteiger partial charge < -0.3 is 0 Å². The van der Waals surface area contributed by atoms with Crippen LogP contribution in [0.4, 0.5) is 0 Å². The molecule has 0 N–H and O–H groups in total. The fourth-order valence-electron chi connectivity index (χ4n) is 2.45. The molecule has 0 heterocycles. The zero-order chi connectivity index (χ0) is 58.6. The summed E-state index contributed by atoms with van der Waals surface area (Å²) in [5.41, 5.74) is 0. The van der Waals surface area contributed by atoms with Gasteiger partial charge in [-0.05, 0) is 94.7 Å². The van der Waals surface area contributed by atoms with Crippen LogP contribution in [0.3, 0.4) is 0 Å². The largest absolute Gasteiger partial charge is 0.106 e. The maximum Gasteiger partial charge on any atom is 0 e. The summed E-state index contributed by atoms with van der Waals surface area (Å²) in [7, 11) is 0. The molecule has 0 amide bonds. The van der Waals surface area contributed by atoms with Crippen molar-refractivity contribution in [3.8, 4) is 486 Å². The summed E-state index contributed by atoms with van der Waals surface area (Å²) in [6, 6.07) is 0. The Morgan fingerprint density at radius 1 is 0.0610 bits per heavy atom. The van der Waals surface area contributed by atoms with Gasteiger partial charge in [0.05, 0.1) is 0 Å². The third-order valence-electron chi connectivity index (χ3n) is 4.96. The monoisotopic (exact) mass is 986 g/mol. The molecule has 0 atom stereocenters. The van der Waals surface area contributed by atoms with Crippen LogP contribution in [0.5, 0.6) is 0 Å². The molecule has 0 aliphatic rings. The fraction of sp³-hybridized carbons (Fsp3) is 0. The lowest BCUT2D eigenvalue weighted by atomic mass is 10.4. The van der Waals surface area contributed by atoms with Crippen LogP contribution in [-0.4, -0.2) is 0 Å². The van der Waals surface area contributed by atoms with E-state index in [1.54, 1.807) is 0 Å². The maximum atomic E-state index is 4.95. The molecule has 0 fully saturated rings. The maximum absolute atomic E-state index is 4.95. The van der Waals surface area contributed by atoms with Crippen molar-refractivity contribution in [3.63, 3.8) is 0 Å². The second kappa shape index (κ2) is 63.0. The lowest BCUT2D eigenvalue weighted by molar-refractivity contribution is 2.31. The first-order valence-electron chi connectivity index (χ1n) is 20.3. The van der Waals surface area contributed by atoms with E-state index in [4.69, 9.17) is 12.8 Å². The Morgan fingerprint density at radius 2 is 0.0976 bits per heavy atom. The van der Waals surface area contributed by atoms with Crippen LogP contribution in [0.15, 0.2) is 0 Å². The third kappa shape index (κ3) is 62.0. The van der Waals surface area contributed by atoms with Gasteiger partial charge in [0, 0.05) is 379 Å². The topological polar surface area (TPSA) is 0 Å². The Morgan fingerprint density at radius 3 is 0.134 bits per heavy atom. The van der Waals surface area contributed by atoms with Crippen molar-refractivity contribution in [2.75, 3.05) is 0 Å². The zero-order valence-corrected chi connectivity index (χ0v) is 41.2. The number of terminal acetylenes is 2. The molecule has 0 rings (SSSR count). The van der Waals surface area contributed by atoms with Crippen molar-refractivity contribution in [2.24, 2.45) is 0 Å². The van der Waals surface area contributed by atoms with E-state index in [-0.39, 0.29) is 0 Å². The van der Waals surface area contributed by atoms with Crippen LogP contribution in [0.25, 0.3) is 0 Å². The molecule has 330 valence electrons. The minimum Gasteiger partial charge on any atom is -0.106 e. The van der Waals surface area contributed by atoms with Crippen LogP contribution in [-0.2, 0) is 0 Å². The number of hydrogen-bond donors (Lipinski definition) is 0. The van der Waals surface area contributed by atoms with Crippen LogP contribution in [0.1, 0.15) is 0 Å². The Bertz CT molecular complexity index is 5240. The van der Waals surface area contributed by atoms with Crippen molar-refractivity contribution < 1.29 is 0 Å². The first kappa shape index (κ1) is 64.0. The molecule has 0 heteroatoms. The van der Waals surface area contributed by atoms with Gasteiger partial charge in [-0.15, -0.1) is 12.8 Å². The van der Waals surface area contributed by atoms with Crippen molar-refractivity contribution >= 4 is 0 Å².